The molecule has 0 spiro atoms. The Morgan fingerprint density at radius 3 is 2.44 bits per heavy atom. The van der Waals surface area contributed by atoms with Gasteiger partial charge in [0.15, 0.2) is 21.3 Å². The van der Waals surface area contributed by atoms with Gasteiger partial charge in [-0.2, -0.15) is 0 Å². The maximum absolute atomic E-state index is 13.3. The maximum atomic E-state index is 13.3. The molecule has 2 aliphatic rings. The van der Waals surface area contributed by atoms with Crippen LogP contribution in [0.25, 0.3) is 0 Å². The van der Waals surface area contributed by atoms with Crippen molar-refractivity contribution in [1.82, 2.24) is 10.2 Å². The second kappa shape index (κ2) is 10.7. The molecule has 0 saturated carbocycles. The first-order valence-electron chi connectivity index (χ1n) is 12.0. The lowest BCUT2D eigenvalue weighted by Crippen LogP contribution is -2.56. The number of halogens is 1. The molecule has 2 N–H and O–H groups in total. The lowest BCUT2D eigenvalue weighted by Gasteiger charge is -2.46. The quantitative estimate of drug-likeness (QED) is 0.531. The zero-order valence-electron chi connectivity index (χ0n) is 21.1. The Balaban J connectivity index is 1.92. The highest BCUT2D eigenvalue weighted by Crippen LogP contribution is 2.45. The van der Waals surface area contributed by atoms with Crippen LogP contribution in [0.5, 0.6) is 11.5 Å². The Morgan fingerprint density at radius 2 is 1.83 bits per heavy atom. The number of ether oxygens (including phenoxy) is 2. The lowest BCUT2D eigenvalue weighted by atomic mass is 9.74. The molecule has 1 fully saturated rings. The predicted molar refractivity (Wildman–Crippen MR) is 146 cm³/mol. The molecular weight excluding hydrogens is 498 g/mol. The number of para-hydroxylation sites is 1. The summed E-state index contributed by atoms with van der Waals surface area (Å²) in [5.74, 6) is 0.619. The molecule has 7 nitrogen and oxygen atoms in total. The number of nitrogens with zero attached hydrogens (tertiary/aromatic N) is 1. The molecule has 2 aromatic rings. The molecule has 0 bridgehead atoms. The summed E-state index contributed by atoms with van der Waals surface area (Å²) in [4.78, 5) is 2.29. The van der Waals surface area contributed by atoms with Gasteiger partial charge in [0.2, 0.25) is 0 Å². The molecule has 0 radical (unpaired) electrons. The maximum Gasteiger partial charge on any atom is 0.179 e. The monoisotopic (exact) mass is 531 g/mol. The number of rotatable bonds is 8. The van der Waals surface area contributed by atoms with E-state index in [4.69, 9.17) is 21.1 Å². The van der Waals surface area contributed by atoms with Crippen molar-refractivity contribution in [3.63, 3.8) is 0 Å². The van der Waals surface area contributed by atoms with E-state index in [1.807, 2.05) is 61.5 Å². The molecular formula is C27H34ClN3O4S. The predicted octanol–water partition coefficient (Wildman–Crippen LogP) is 4.08. The van der Waals surface area contributed by atoms with E-state index in [1.165, 1.54) is 6.26 Å². The summed E-state index contributed by atoms with van der Waals surface area (Å²) in [6.45, 7) is 5.47. The van der Waals surface area contributed by atoms with Crippen molar-refractivity contribution < 1.29 is 17.9 Å². The number of nitrogens with one attached hydrogen (secondary N) is 2. The van der Waals surface area contributed by atoms with Crippen molar-refractivity contribution in [2.75, 3.05) is 52.0 Å². The van der Waals surface area contributed by atoms with Gasteiger partial charge in [-0.15, -0.1) is 0 Å². The van der Waals surface area contributed by atoms with Gasteiger partial charge in [-0.05, 0) is 42.0 Å². The van der Waals surface area contributed by atoms with Gasteiger partial charge in [-0.1, -0.05) is 42.8 Å². The van der Waals surface area contributed by atoms with E-state index in [0.717, 1.165) is 43.1 Å². The highest BCUT2D eigenvalue weighted by molar-refractivity contribution is 7.91. The number of piperazine rings is 1. The van der Waals surface area contributed by atoms with Crippen LogP contribution in [0.1, 0.15) is 18.4 Å². The van der Waals surface area contributed by atoms with E-state index in [9.17, 15) is 8.42 Å². The van der Waals surface area contributed by atoms with Crippen LogP contribution >= 0.6 is 11.6 Å². The first-order chi connectivity index (χ1) is 17.2. The Hall–Kier alpha value is -2.68. The molecule has 9 heteroatoms. The number of hydrogen-bond acceptors (Lipinski definition) is 7. The second-order valence-electron chi connectivity index (χ2n) is 9.30. The summed E-state index contributed by atoms with van der Waals surface area (Å²) in [7, 11) is -0.411. The van der Waals surface area contributed by atoms with Crippen LogP contribution in [0.4, 0.5) is 5.69 Å². The molecule has 1 saturated heterocycles. The smallest absolute Gasteiger partial charge is 0.179 e. The van der Waals surface area contributed by atoms with Gasteiger partial charge in [0.05, 0.1) is 24.8 Å². The molecule has 1 heterocycles. The fourth-order valence-corrected chi connectivity index (χ4v) is 6.86. The molecule has 2 aromatic carbocycles. The second-order valence-corrected chi connectivity index (χ2v) is 11.9. The summed E-state index contributed by atoms with van der Waals surface area (Å²) < 4.78 is 37.6. The standard InChI is InChI=1S/C27H34ClN3O4S/c1-19(20-16-23(28)26(35-3)24(17-20)34-2)27(30-21-8-6-5-7-9-21)18-22(31-14-12-29-13-15-31)10-11-25(27)36(4,32)33/h5-11,16-19,25,29-30H,12-15H2,1-4H3. The average molecular weight is 532 g/mol. The van der Waals surface area contributed by atoms with Gasteiger partial charge in [0.25, 0.3) is 0 Å². The molecule has 194 valence electrons. The van der Waals surface area contributed by atoms with E-state index in [0.29, 0.717) is 16.5 Å². The number of methoxy groups -OCH3 is 2. The van der Waals surface area contributed by atoms with Crippen molar-refractivity contribution in [2.45, 2.75) is 23.6 Å². The molecule has 0 aromatic heterocycles. The molecule has 1 aliphatic carbocycles. The van der Waals surface area contributed by atoms with Gasteiger partial charge in [0, 0.05) is 49.7 Å². The van der Waals surface area contributed by atoms with Crippen molar-refractivity contribution in [1.29, 1.82) is 0 Å². The number of benzene rings is 2. The topological polar surface area (TPSA) is 79.9 Å². The van der Waals surface area contributed by atoms with E-state index < -0.39 is 20.6 Å². The van der Waals surface area contributed by atoms with E-state index in [2.05, 4.69) is 21.6 Å². The minimum Gasteiger partial charge on any atom is -0.493 e. The highest BCUT2D eigenvalue weighted by Gasteiger charge is 2.48. The third-order valence-corrected chi connectivity index (χ3v) is 8.80. The SMILES string of the molecule is COc1cc(C(C)C2(Nc3ccccc3)C=C(N3CCNCC3)C=CC2S(C)(=O)=O)cc(Cl)c1OC. The molecule has 0 amide bonds. The number of allylic oxidation sites excluding steroid dienone is 1. The van der Waals surface area contributed by atoms with Crippen LogP contribution in [-0.2, 0) is 9.84 Å². The molecule has 3 atom stereocenters. The normalized spacial score (nSPS) is 23.1. The van der Waals surface area contributed by atoms with Gasteiger partial charge in [-0.3, -0.25) is 0 Å². The lowest BCUT2D eigenvalue weighted by molar-refractivity contribution is 0.300. The van der Waals surface area contributed by atoms with Gasteiger partial charge in [-0.25, -0.2) is 8.42 Å². The Kier molecular flexibility index (Phi) is 7.87. The van der Waals surface area contributed by atoms with E-state index >= 15 is 0 Å². The minimum atomic E-state index is -3.51. The summed E-state index contributed by atoms with van der Waals surface area (Å²) >= 11 is 6.59. The summed E-state index contributed by atoms with van der Waals surface area (Å²) in [5, 5.41) is 6.60. The largest absolute Gasteiger partial charge is 0.493 e. The summed E-state index contributed by atoms with van der Waals surface area (Å²) in [6, 6.07) is 13.4. The van der Waals surface area contributed by atoms with Gasteiger partial charge in [0.1, 0.15) is 5.25 Å². The van der Waals surface area contributed by atoms with Crippen LogP contribution in [0.3, 0.4) is 0 Å². The summed E-state index contributed by atoms with van der Waals surface area (Å²) in [5.41, 5.74) is 1.65. The fraction of sp³-hybridized carbons (Fsp3) is 0.407. The summed E-state index contributed by atoms with van der Waals surface area (Å²) in [6.07, 6.45) is 7.14. The zero-order valence-corrected chi connectivity index (χ0v) is 22.7. The van der Waals surface area contributed by atoms with E-state index in [-0.39, 0.29) is 5.92 Å². The van der Waals surface area contributed by atoms with Crippen LogP contribution in [0.2, 0.25) is 5.02 Å². The first-order valence-corrected chi connectivity index (χ1v) is 14.3. The molecule has 4 rings (SSSR count). The van der Waals surface area contributed by atoms with Crippen LogP contribution in [0, 0.1) is 0 Å². The third-order valence-electron chi connectivity index (χ3n) is 7.05. The highest BCUT2D eigenvalue weighted by atomic mass is 35.5. The van der Waals surface area contributed by atoms with Crippen LogP contribution < -0.4 is 20.1 Å². The van der Waals surface area contributed by atoms with Gasteiger partial charge < -0.3 is 25.0 Å². The number of hydrogen-bond donors (Lipinski definition) is 2. The molecule has 1 aliphatic heterocycles. The van der Waals surface area contributed by atoms with Crippen molar-refractivity contribution in [2.24, 2.45) is 0 Å². The molecule has 3 unspecified atom stereocenters. The molecule has 36 heavy (non-hydrogen) atoms. The minimum absolute atomic E-state index is 0.322. The fourth-order valence-electron chi connectivity index (χ4n) is 5.16. The van der Waals surface area contributed by atoms with Gasteiger partial charge >= 0.3 is 0 Å². The van der Waals surface area contributed by atoms with Crippen molar-refractivity contribution in [3.8, 4) is 11.5 Å². The van der Waals surface area contributed by atoms with Crippen LogP contribution in [0.15, 0.2) is 66.4 Å². The Morgan fingerprint density at radius 1 is 1.14 bits per heavy atom. The Bertz CT molecular complexity index is 1240. The Labute approximate surface area is 219 Å². The van der Waals surface area contributed by atoms with E-state index in [1.54, 1.807) is 14.2 Å². The first kappa shape index (κ1) is 26.4. The number of anilines is 1. The number of sulfone groups is 1. The van der Waals surface area contributed by atoms with Crippen molar-refractivity contribution >= 4 is 27.1 Å². The zero-order chi connectivity index (χ0) is 25.9. The van der Waals surface area contributed by atoms with Crippen molar-refractivity contribution in [3.05, 3.63) is 77.0 Å². The average Bonchev–Trinajstić information content (AvgIpc) is 2.88. The van der Waals surface area contributed by atoms with Crippen LogP contribution in [-0.4, -0.2) is 70.8 Å². The third kappa shape index (κ3) is 5.21.